The number of nitrogens with zero attached hydrogens (tertiary/aromatic N) is 3. The van der Waals surface area contributed by atoms with Crippen LogP contribution in [0.4, 0.5) is 4.39 Å². The molecule has 166 valence electrons. The van der Waals surface area contributed by atoms with Crippen molar-refractivity contribution in [1.29, 1.82) is 0 Å². The van der Waals surface area contributed by atoms with Crippen molar-refractivity contribution >= 4 is 29.9 Å². The Bertz CT molecular complexity index is 822. The molecule has 1 fully saturated rings. The molecule has 1 aliphatic rings. The fourth-order valence-corrected chi connectivity index (χ4v) is 3.08. The Hall–Kier alpha value is -1.84. The number of halogens is 2. The summed E-state index contributed by atoms with van der Waals surface area (Å²) in [5.74, 6) is 1.37. The van der Waals surface area contributed by atoms with Gasteiger partial charge >= 0.3 is 0 Å². The van der Waals surface area contributed by atoms with Crippen molar-refractivity contribution in [3.05, 3.63) is 47.5 Å². The summed E-state index contributed by atoms with van der Waals surface area (Å²) in [5.41, 5.74) is 2.08. The highest BCUT2D eigenvalue weighted by molar-refractivity contribution is 14.0. The van der Waals surface area contributed by atoms with Gasteiger partial charge in [0.15, 0.2) is 17.5 Å². The average molecular weight is 529 g/mol. The van der Waals surface area contributed by atoms with Crippen molar-refractivity contribution in [3.8, 4) is 5.75 Å². The van der Waals surface area contributed by atoms with Gasteiger partial charge in [-0.1, -0.05) is 6.07 Å². The van der Waals surface area contributed by atoms with Gasteiger partial charge in [-0.15, -0.1) is 24.0 Å². The van der Waals surface area contributed by atoms with E-state index < -0.39 is 0 Å². The molecule has 1 aliphatic carbocycles. The maximum atomic E-state index is 14.4. The van der Waals surface area contributed by atoms with Crippen LogP contribution in [0.25, 0.3) is 0 Å². The Balaban J connectivity index is 0.00000320. The van der Waals surface area contributed by atoms with Crippen LogP contribution >= 0.6 is 24.0 Å². The summed E-state index contributed by atoms with van der Waals surface area (Å²) >= 11 is 0. The molecule has 30 heavy (non-hydrogen) atoms. The van der Waals surface area contributed by atoms with Crippen LogP contribution in [0, 0.1) is 11.7 Å². The maximum Gasteiger partial charge on any atom is 0.191 e. The fraction of sp³-hybridized carbons (Fsp3) is 0.545. The monoisotopic (exact) mass is 529 g/mol. The lowest BCUT2D eigenvalue weighted by Crippen LogP contribution is -2.38. The first kappa shape index (κ1) is 24.4. The van der Waals surface area contributed by atoms with Gasteiger partial charge in [0.05, 0.1) is 18.8 Å². The number of aliphatic imine (C=N–C) groups is 1. The number of nitrogens with one attached hydrogen (secondary N) is 2. The Morgan fingerprint density at radius 3 is 2.83 bits per heavy atom. The largest absolute Gasteiger partial charge is 0.490 e. The molecule has 2 N–H and O–H groups in total. The number of benzene rings is 1. The quantitative estimate of drug-likeness (QED) is 0.210. The molecular formula is C22H33FIN5O. The first-order valence-electron chi connectivity index (χ1n) is 10.5. The molecule has 1 saturated carbocycles. The van der Waals surface area contributed by atoms with Crippen LogP contribution in [0.1, 0.15) is 50.3 Å². The van der Waals surface area contributed by atoms with E-state index in [4.69, 9.17) is 4.74 Å². The SMILES string of the molecule is CCNC(=NCCCc1cnn(C)c1)NC(C)c1ccc(OCC2CC2)c(F)c1.I. The molecule has 2 aromatic rings. The highest BCUT2D eigenvalue weighted by Crippen LogP contribution is 2.30. The molecule has 1 aromatic heterocycles. The standard InChI is InChI=1S/C22H32FN5O.HI/c1-4-24-22(25-11-5-6-18-13-26-28(3)14-18)27-16(2)19-9-10-21(20(23)12-19)29-15-17-7-8-17;/h9-10,12-14,16-17H,4-8,11,15H2,1-3H3,(H2,24,25,27);1H. The summed E-state index contributed by atoms with van der Waals surface area (Å²) in [6, 6.07) is 5.11. The highest BCUT2D eigenvalue weighted by atomic mass is 127. The van der Waals surface area contributed by atoms with E-state index in [1.54, 1.807) is 12.1 Å². The molecular weight excluding hydrogens is 496 g/mol. The molecule has 1 aromatic carbocycles. The second-order valence-electron chi connectivity index (χ2n) is 7.70. The van der Waals surface area contributed by atoms with E-state index >= 15 is 0 Å². The Labute approximate surface area is 195 Å². The summed E-state index contributed by atoms with van der Waals surface area (Å²) in [5, 5.41) is 10.8. The van der Waals surface area contributed by atoms with Crippen LogP contribution in [-0.4, -0.2) is 35.4 Å². The van der Waals surface area contributed by atoms with E-state index in [1.165, 1.54) is 18.4 Å². The van der Waals surface area contributed by atoms with Gasteiger partial charge < -0.3 is 15.4 Å². The van der Waals surface area contributed by atoms with Crippen molar-refractivity contribution in [2.45, 2.75) is 45.6 Å². The van der Waals surface area contributed by atoms with E-state index in [0.717, 1.165) is 30.9 Å². The minimum atomic E-state index is -0.310. The van der Waals surface area contributed by atoms with Crippen LogP contribution < -0.4 is 15.4 Å². The normalized spacial score (nSPS) is 14.7. The van der Waals surface area contributed by atoms with E-state index in [2.05, 4.69) is 20.7 Å². The third-order valence-corrected chi connectivity index (χ3v) is 4.98. The van der Waals surface area contributed by atoms with E-state index in [-0.39, 0.29) is 35.8 Å². The van der Waals surface area contributed by atoms with Crippen molar-refractivity contribution in [1.82, 2.24) is 20.4 Å². The minimum absolute atomic E-state index is 0. The number of aromatic nitrogens is 2. The Kier molecular flexibility index (Phi) is 9.87. The van der Waals surface area contributed by atoms with Crippen molar-refractivity contribution in [2.75, 3.05) is 19.7 Å². The van der Waals surface area contributed by atoms with E-state index in [9.17, 15) is 4.39 Å². The molecule has 0 amide bonds. The number of ether oxygens (including phenoxy) is 1. The predicted molar refractivity (Wildman–Crippen MR) is 129 cm³/mol. The molecule has 0 spiro atoms. The van der Waals surface area contributed by atoms with Crippen LogP contribution in [-0.2, 0) is 13.5 Å². The lowest BCUT2D eigenvalue weighted by Gasteiger charge is -2.19. The lowest BCUT2D eigenvalue weighted by atomic mass is 10.1. The Morgan fingerprint density at radius 2 is 2.20 bits per heavy atom. The highest BCUT2D eigenvalue weighted by Gasteiger charge is 2.22. The van der Waals surface area contributed by atoms with Gasteiger partial charge in [0.1, 0.15) is 0 Å². The summed E-state index contributed by atoms with van der Waals surface area (Å²) in [6.07, 6.45) is 8.19. The third kappa shape index (κ3) is 7.77. The summed E-state index contributed by atoms with van der Waals surface area (Å²) in [4.78, 5) is 4.65. The molecule has 8 heteroatoms. The van der Waals surface area contributed by atoms with Crippen LogP contribution in [0.5, 0.6) is 5.75 Å². The fourth-order valence-electron chi connectivity index (χ4n) is 3.08. The van der Waals surface area contributed by atoms with E-state index in [1.807, 2.05) is 44.0 Å². The van der Waals surface area contributed by atoms with Crippen molar-refractivity contribution in [3.63, 3.8) is 0 Å². The lowest BCUT2D eigenvalue weighted by molar-refractivity contribution is 0.285. The van der Waals surface area contributed by atoms with Crippen LogP contribution in [0.3, 0.4) is 0 Å². The first-order valence-corrected chi connectivity index (χ1v) is 10.5. The zero-order chi connectivity index (χ0) is 20.6. The Morgan fingerprint density at radius 1 is 1.40 bits per heavy atom. The predicted octanol–water partition coefficient (Wildman–Crippen LogP) is 4.21. The van der Waals surface area contributed by atoms with Gasteiger partial charge in [-0.25, -0.2) is 4.39 Å². The molecule has 0 radical (unpaired) electrons. The number of rotatable bonds is 10. The van der Waals surface area contributed by atoms with Gasteiger partial charge in [-0.2, -0.15) is 5.10 Å². The van der Waals surface area contributed by atoms with Gasteiger partial charge in [0.2, 0.25) is 0 Å². The molecule has 3 rings (SSSR count). The minimum Gasteiger partial charge on any atom is -0.490 e. The first-order chi connectivity index (χ1) is 14.0. The molecule has 0 aliphatic heterocycles. The molecule has 1 heterocycles. The number of aryl methyl sites for hydroxylation is 2. The maximum absolute atomic E-state index is 14.4. The summed E-state index contributed by atoms with van der Waals surface area (Å²) in [7, 11) is 1.92. The van der Waals surface area contributed by atoms with Gasteiger partial charge in [0, 0.05) is 26.3 Å². The molecule has 1 atom stereocenters. The van der Waals surface area contributed by atoms with Gasteiger partial charge in [-0.3, -0.25) is 9.67 Å². The molecule has 6 nitrogen and oxygen atoms in total. The third-order valence-electron chi connectivity index (χ3n) is 4.98. The van der Waals surface area contributed by atoms with Crippen molar-refractivity contribution in [2.24, 2.45) is 18.0 Å². The van der Waals surface area contributed by atoms with Crippen LogP contribution in [0.15, 0.2) is 35.6 Å². The molecule has 0 bridgehead atoms. The second kappa shape index (κ2) is 12.1. The molecule has 1 unspecified atom stereocenters. The topological polar surface area (TPSA) is 63.5 Å². The smallest absolute Gasteiger partial charge is 0.191 e. The van der Waals surface area contributed by atoms with Crippen molar-refractivity contribution < 1.29 is 9.13 Å². The van der Waals surface area contributed by atoms with E-state index in [0.29, 0.717) is 24.8 Å². The number of guanidine groups is 1. The zero-order valence-electron chi connectivity index (χ0n) is 18.0. The molecule has 0 saturated heterocycles. The summed E-state index contributed by atoms with van der Waals surface area (Å²) < 4.78 is 21.8. The van der Waals surface area contributed by atoms with Crippen LogP contribution in [0.2, 0.25) is 0 Å². The summed E-state index contributed by atoms with van der Waals surface area (Å²) in [6.45, 7) is 6.12. The average Bonchev–Trinajstić information content (AvgIpc) is 3.44. The van der Waals surface area contributed by atoms with Gasteiger partial charge in [0.25, 0.3) is 0 Å². The zero-order valence-corrected chi connectivity index (χ0v) is 20.4. The second-order valence-corrected chi connectivity index (χ2v) is 7.70. The number of hydrogen-bond donors (Lipinski definition) is 2. The number of hydrogen-bond acceptors (Lipinski definition) is 3. The van der Waals surface area contributed by atoms with Gasteiger partial charge in [-0.05, 0) is 68.7 Å².